The van der Waals surface area contributed by atoms with Gasteiger partial charge in [-0.1, -0.05) is 25.7 Å². The predicted octanol–water partition coefficient (Wildman–Crippen LogP) is 1.93. The van der Waals surface area contributed by atoms with Gasteiger partial charge in [0.25, 0.3) is 0 Å². The Morgan fingerprint density at radius 1 is 1.10 bits per heavy atom. The van der Waals surface area contributed by atoms with Gasteiger partial charge in [0.15, 0.2) is 0 Å². The van der Waals surface area contributed by atoms with Crippen molar-refractivity contribution in [2.24, 2.45) is 0 Å². The molecule has 1 amide bonds. The van der Waals surface area contributed by atoms with Crippen molar-refractivity contribution in [3.8, 4) is 0 Å². The Morgan fingerprint density at radius 3 is 2.30 bits per heavy atom. The van der Waals surface area contributed by atoms with Gasteiger partial charge >= 0.3 is 0 Å². The van der Waals surface area contributed by atoms with Crippen LogP contribution in [0.3, 0.4) is 0 Å². The number of carbonyl (C=O) groups is 1. The molecule has 1 aliphatic heterocycles. The SMILES string of the molecule is CN(CC(=O)NC1CCCCCC1)C1CCNCC1.Cl. The van der Waals surface area contributed by atoms with Crippen molar-refractivity contribution >= 4 is 18.3 Å². The maximum Gasteiger partial charge on any atom is 0.234 e. The Morgan fingerprint density at radius 2 is 1.70 bits per heavy atom. The third-order valence-corrected chi connectivity index (χ3v) is 4.55. The smallest absolute Gasteiger partial charge is 0.234 e. The standard InChI is InChI=1S/C15H29N3O.ClH/c1-18(14-8-10-16-11-9-14)12-15(19)17-13-6-4-2-3-5-7-13;/h13-14,16H,2-12H2,1H3,(H,17,19);1H. The van der Waals surface area contributed by atoms with Gasteiger partial charge in [-0.2, -0.15) is 0 Å². The molecular formula is C15H30ClN3O. The van der Waals surface area contributed by atoms with Crippen molar-refractivity contribution in [2.75, 3.05) is 26.7 Å². The summed E-state index contributed by atoms with van der Waals surface area (Å²) in [4.78, 5) is 14.3. The topological polar surface area (TPSA) is 44.4 Å². The van der Waals surface area contributed by atoms with Gasteiger partial charge in [0, 0.05) is 12.1 Å². The molecule has 0 spiro atoms. The van der Waals surface area contributed by atoms with Crippen molar-refractivity contribution in [2.45, 2.75) is 63.5 Å². The first-order chi connectivity index (χ1) is 9.25. The summed E-state index contributed by atoms with van der Waals surface area (Å²) in [6, 6.07) is 0.998. The zero-order chi connectivity index (χ0) is 13.5. The van der Waals surface area contributed by atoms with Gasteiger partial charge in [0.05, 0.1) is 6.54 Å². The normalized spacial score (nSPS) is 22.1. The van der Waals surface area contributed by atoms with E-state index in [1.54, 1.807) is 0 Å². The van der Waals surface area contributed by atoms with E-state index in [4.69, 9.17) is 0 Å². The first-order valence-electron chi connectivity index (χ1n) is 7.96. The third-order valence-electron chi connectivity index (χ3n) is 4.55. The highest BCUT2D eigenvalue weighted by Crippen LogP contribution is 2.17. The highest BCUT2D eigenvalue weighted by atomic mass is 35.5. The van der Waals surface area contributed by atoms with Gasteiger partial charge in [0.2, 0.25) is 5.91 Å². The second-order valence-electron chi connectivity index (χ2n) is 6.15. The molecule has 2 N–H and O–H groups in total. The summed E-state index contributed by atoms with van der Waals surface area (Å²) < 4.78 is 0. The first kappa shape index (κ1) is 17.7. The molecule has 2 fully saturated rings. The maximum absolute atomic E-state index is 12.1. The van der Waals surface area contributed by atoms with E-state index in [1.165, 1.54) is 38.5 Å². The van der Waals surface area contributed by atoms with Crippen molar-refractivity contribution in [3.63, 3.8) is 0 Å². The van der Waals surface area contributed by atoms with Crippen LogP contribution in [-0.2, 0) is 4.79 Å². The Kier molecular flexibility index (Phi) is 8.50. The highest BCUT2D eigenvalue weighted by Gasteiger charge is 2.21. The average molecular weight is 304 g/mol. The summed E-state index contributed by atoms with van der Waals surface area (Å²) in [5, 5.41) is 6.60. The van der Waals surface area contributed by atoms with E-state index < -0.39 is 0 Å². The molecule has 2 rings (SSSR count). The Balaban J connectivity index is 0.00000200. The summed E-state index contributed by atoms with van der Waals surface area (Å²) in [7, 11) is 2.09. The molecule has 1 aliphatic carbocycles. The minimum Gasteiger partial charge on any atom is -0.352 e. The summed E-state index contributed by atoms with van der Waals surface area (Å²) in [5.41, 5.74) is 0. The summed E-state index contributed by atoms with van der Waals surface area (Å²) >= 11 is 0. The summed E-state index contributed by atoms with van der Waals surface area (Å²) in [6.45, 7) is 2.72. The molecule has 2 aliphatic rings. The van der Waals surface area contributed by atoms with Crippen LogP contribution in [0.15, 0.2) is 0 Å². The molecule has 5 heteroatoms. The number of hydrogen-bond donors (Lipinski definition) is 2. The lowest BCUT2D eigenvalue weighted by molar-refractivity contribution is -0.123. The summed E-state index contributed by atoms with van der Waals surface area (Å²) in [6.07, 6.45) is 9.87. The number of rotatable bonds is 4. The Bertz CT molecular complexity index is 274. The van der Waals surface area contributed by atoms with Crippen LogP contribution in [0.4, 0.5) is 0 Å². The molecule has 0 aromatic heterocycles. The molecule has 0 aromatic carbocycles. The average Bonchev–Trinajstić information content (AvgIpc) is 2.68. The minimum absolute atomic E-state index is 0. The van der Waals surface area contributed by atoms with E-state index in [9.17, 15) is 4.79 Å². The number of halogens is 1. The zero-order valence-corrected chi connectivity index (χ0v) is 13.5. The molecule has 20 heavy (non-hydrogen) atoms. The lowest BCUT2D eigenvalue weighted by atomic mass is 10.1. The molecule has 0 aromatic rings. The van der Waals surface area contributed by atoms with Gasteiger partial charge in [0.1, 0.15) is 0 Å². The fourth-order valence-electron chi connectivity index (χ4n) is 3.30. The van der Waals surface area contributed by atoms with Crippen molar-refractivity contribution in [1.29, 1.82) is 0 Å². The molecule has 0 bridgehead atoms. The molecule has 1 heterocycles. The molecule has 1 saturated carbocycles. The van der Waals surface area contributed by atoms with Crippen LogP contribution in [0.2, 0.25) is 0 Å². The largest absolute Gasteiger partial charge is 0.352 e. The third kappa shape index (κ3) is 5.98. The van der Waals surface area contributed by atoms with Crippen LogP contribution in [-0.4, -0.2) is 49.6 Å². The minimum atomic E-state index is 0. The van der Waals surface area contributed by atoms with E-state index in [1.807, 2.05) is 0 Å². The van der Waals surface area contributed by atoms with Gasteiger partial charge in [-0.3, -0.25) is 9.69 Å². The summed E-state index contributed by atoms with van der Waals surface area (Å²) in [5.74, 6) is 0.216. The van der Waals surface area contributed by atoms with E-state index in [0.29, 0.717) is 18.6 Å². The molecule has 1 saturated heterocycles. The second-order valence-corrected chi connectivity index (χ2v) is 6.15. The van der Waals surface area contributed by atoms with Crippen LogP contribution in [0.1, 0.15) is 51.4 Å². The quantitative estimate of drug-likeness (QED) is 0.780. The number of piperidine rings is 1. The molecule has 118 valence electrons. The van der Waals surface area contributed by atoms with E-state index in [-0.39, 0.29) is 18.3 Å². The fourth-order valence-corrected chi connectivity index (χ4v) is 3.30. The van der Waals surface area contributed by atoms with Crippen molar-refractivity contribution < 1.29 is 4.79 Å². The van der Waals surface area contributed by atoms with Gasteiger partial charge in [-0.25, -0.2) is 0 Å². The lowest BCUT2D eigenvalue weighted by Crippen LogP contribution is -2.47. The monoisotopic (exact) mass is 303 g/mol. The maximum atomic E-state index is 12.1. The van der Waals surface area contributed by atoms with Crippen LogP contribution in [0, 0.1) is 0 Å². The molecule has 0 radical (unpaired) electrons. The second kappa shape index (κ2) is 9.59. The number of nitrogens with zero attached hydrogens (tertiary/aromatic N) is 1. The molecular weight excluding hydrogens is 274 g/mol. The van der Waals surface area contributed by atoms with E-state index in [0.717, 1.165) is 25.9 Å². The molecule has 0 atom stereocenters. The molecule has 4 nitrogen and oxygen atoms in total. The Hall–Kier alpha value is -0.320. The van der Waals surface area contributed by atoms with Crippen molar-refractivity contribution in [3.05, 3.63) is 0 Å². The number of nitrogens with one attached hydrogen (secondary N) is 2. The van der Waals surface area contributed by atoms with Crippen LogP contribution >= 0.6 is 12.4 Å². The molecule has 0 unspecified atom stereocenters. The van der Waals surface area contributed by atoms with Gasteiger partial charge in [-0.05, 0) is 45.8 Å². The fraction of sp³-hybridized carbons (Fsp3) is 0.933. The number of likely N-dealkylation sites (N-methyl/N-ethyl adjacent to an activating group) is 1. The number of amides is 1. The van der Waals surface area contributed by atoms with E-state index in [2.05, 4.69) is 22.6 Å². The first-order valence-corrected chi connectivity index (χ1v) is 7.96. The number of hydrogen-bond acceptors (Lipinski definition) is 3. The highest BCUT2D eigenvalue weighted by molar-refractivity contribution is 5.85. The number of carbonyl (C=O) groups excluding carboxylic acids is 1. The Labute approximate surface area is 129 Å². The van der Waals surface area contributed by atoms with E-state index >= 15 is 0 Å². The van der Waals surface area contributed by atoms with Crippen LogP contribution in [0.5, 0.6) is 0 Å². The predicted molar refractivity (Wildman–Crippen MR) is 85.4 cm³/mol. The van der Waals surface area contributed by atoms with Crippen molar-refractivity contribution in [1.82, 2.24) is 15.5 Å². The van der Waals surface area contributed by atoms with Crippen LogP contribution < -0.4 is 10.6 Å². The lowest BCUT2D eigenvalue weighted by Gasteiger charge is -2.31. The van der Waals surface area contributed by atoms with Gasteiger partial charge in [-0.15, -0.1) is 12.4 Å². The van der Waals surface area contributed by atoms with Gasteiger partial charge < -0.3 is 10.6 Å². The zero-order valence-electron chi connectivity index (χ0n) is 12.7. The van der Waals surface area contributed by atoms with Crippen LogP contribution in [0.25, 0.3) is 0 Å².